The number of hydrogen-bond donors (Lipinski definition) is 2. The fraction of sp³-hybridized carbons (Fsp3) is 0.429. The van der Waals surface area contributed by atoms with Crippen molar-refractivity contribution in [1.29, 1.82) is 0 Å². The van der Waals surface area contributed by atoms with Crippen molar-refractivity contribution in [2.24, 2.45) is 0 Å². The van der Waals surface area contributed by atoms with Crippen LogP contribution >= 0.6 is 0 Å². The first-order valence-corrected chi connectivity index (χ1v) is 6.48. The minimum atomic E-state index is -4.67. The lowest BCUT2D eigenvalue weighted by Gasteiger charge is -2.25. The van der Waals surface area contributed by atoms with Gasteiger partial charge < -0.3 is 15.2 Å². The van der Waals surface area contributed by atoms with Gasteiger partial charge in [0.1, 0.15) is 11.6 Å². The molecule has 0 aliphatic carbocycles. The third-order valence-corrected chi connectivity index (χ3v) is 3.01. The number of hydrogen-bond acceptors (Lipinski definition) is 5. The van der Waals surface area contributed by atoms with Crippen LogP contribution in [-0.2, 0) is 6.18 Å². The van der Waals surface area contributed by atoms with E-state index < -0.39 is 17.5 Å². The van der Waals surface area contributed by atoms with Crippen molar-refractivity contribution >= 4 is 16.7 Å². The Balaban J connectivity index is 2.66. The van der Waals surface area contributed by atoms with Crippen LogP contribution in [0, 0.1) is 0 Å². The summed E-state index contributed by atoms with van der Waals surface area (Å²) in [5.41, 5.74) is -0.720. The summed E-state index contributed by atoms with van der Waals surface area (Å²) >= 11 is 0. The van der Waals surface area contributed by atoms with E-state index in [0.29, 0.717) is 11.1 Å². The fourth-order valence-electron chi connectivity index (χ4n) is 1.82. The maximum Gasteiger partial charge on any atom is 0.451 e. The van der Waals surface area contributed by atoms with Crippen molar-refractivity contribution in [2.45, 2.75) is 25.6 Å². The molecular formula is C14H16F3N3O2. The van der Waals surface area contributed by atoms with Gasteiger partial charge >= 0.3 is 6.18 Å². The number of aliphatic hydroxyl groups is 1. The monoisotopic (exact) mass is 315 g/mol. The van der Waals surface area contributed by atoms with Crippen LogP contribution in [0.15, 0.2) is 18.2 Å². The Labute approximate surface area is 125 Å². The summed E-state index contributed by atoms with van der Waals surface area (Å²) in [5.74, 6) is -0.838. The highest BCUT2D eigenvalue weighted by Gasteiger charge is 2.36. The average molecular weight is 315 g/mol. The maximum absolute atomic E-state index is 13.0. The Kier molecular flexibility index (Phi) is 4.15. The van der Waals surface area contributed by atoms with Gasteiger partial charge in [0.15, 0.2) is 0 Å². The number of nitrogens with zero attached hydrogens (tertiary/aromatic N) is 2. The molecule has 5 nitrogen and oxygen atoms in total. The van der Waals surface area contributed by atoms with E-state index in [1.165, 1.54) is 13.2 Å². The normalized spacial score (nSPS) is 12.5. The molecule has 0 aliphatic rings. The predicted octanol–water partition coefficient (Wildman–Crippen LogP) is 2.84. The number of aromatic nitrogens is 2. The molecule has 1 heterocycles. The molecule has 0 fully saturated rings. The van der Waals surface area contributed by atoms with Crippen molar-refractivity contribution in [1.82, 2.24) is 9.97 Å². The first-order chi connectivity index (χ1) is 10.2. The number of aliphatic hydroxyl groups excluding tert-OH is 1. The number of benzene rings is 1. The molecule has 0 aliphatic heterocycles. The summed E-state index contributed by atoms with van der Waals surface area (Å²) < 4.78 is 43.9. The molecule has 22 heavy (non-hydrogen) atoms. The molecular weight excluding hydrogens is 299 g/mol. The minimum absolute atomic E-state index is 0.0130. The largest absolute Gasteiger partial charge is 0.497 e. The smallest absolute Gasteiger partial charge is 0.451 e. The van der Waals surface area contributed by atoms with Gasteiger partial charge in [-0.1, -0.05) is 0 Å². The molecule has 0 saturated heterocycles. The van der Waals surface area contributed by atoms with E-state index in [1.54, 1.807) is 26.0 Å². The molecule has 0 unspecified atom stereocenters. The second kappa shape index (κ2) is 5.60. The van der Waals surface area contributed by atoms with Crippen LogP contribution < -0.4 is 10.1 Å². The van der Waals surface area contributed by atoms with Gasteiger partial charge in [0.2, 0.25) is 5.82 Å². The van der Waals surface area contributed by atoms with Gasteiger partial charge in [0.05, 0.1) is 24.8 Å². The van der Waals surface area contributed by atoms with Gasteiger partial charge in [-0.15, -0.1) is 0 Å². The highest BCUT2D eigenvalue weighted by molar-refractivity contribution is 5.90. The third-order valence-electron chi connectivity index (χ3n) is 3.01. The first kappa shape index (κ1) is 16.3. The predicted molar refractivity (Wildman–Crippen MR) is 75.9 cm³/mol. The van der Waals surface area contributed by atoms with Gasteiger partial charge in [-0.05, 0) is 26.0 Å². The highest BCUT2D eigenvalue weighted by atomic mass is 19.4. The Hall–Kier alpha value is -2.09. The molecule has 0 bridgehead atoms. The molecule has 120 valence electrons. The van der Waals surface area contributed by atoms with Crippen LogP contribution in [0.4, 0.5) is 19.0 Å². The van der Waals surface area contributed by atoms with Crippen molar-refractivity contribution in [3.63, 3.8) is 0 Å². The molecule has 0 saturated carbocycles. The molecule has 8 heteroatoms. The Morgan fingerprint density at radius 2 is 1.91 bits per heavy atom. The van der Waals surface area contributed by atoms with Crippen LogP contribution in [0.5, 0.6) is 5.75 Å². The lowest BCUT2D eigenvalue weighted by Crippen LogP contribution is -2.35. The van der Waals surface area contributed by atoms with Crippen LogP contribution in [0.2, 0.25) is 0 Å². The van der Waals surface area contributed by atoms with Crippen molar-refractivity contribution in [2.75, 3.05) is 19.0 Å². The van der Waals surface area contributed by atoms with Crippen LogP contribution in [-0.4, -0.2) is 34.3 Å². The third kappa shape index (κ3) is 3.38. The van der Waals surface area contributed by atoms with Gasteiger partial charge in [-0.3, -0.25) is 0 Å². The summed E-state index contributed by atoms with van der Waals surface area (Å²) in [6, 6.07) is 4.59. The van der Waals surface area contributed by atoms with Gasteiger partial charge in [-0.2, -0.15) is 13.2 Å². The van der Waals surface area contributed by atoms with E-state index in [1.807, 2.05) is 0 Å². The zero-order valence-electron chi connectivity index (χ0n) is 12.3. The fourth-order valence-corrected chi connectivity index (χ4v) is 1.82. The Morgan fingerprint density at radius 3 is 2.45 bits per heavy atom. The molecule has 2 rings (SSSR count). The number of methoxy groups -OCH3 is 1. The summed E-state index contributed by atoms with van der Waals surface area (Å²) in [7, 11) is 1.42. The molecule has 0 atom stereocenters. The molecule has 1 aromatic carbocycles. The van der Waals surface area contributed by atoms with E-state index >= 15 is 0 Å². The lowest BCUT2D eigenvalue weighted by molar-refractivity contribution is -0.144. The number of rotatable bonds is 4. The van der Waals surface area contributed by atoms with Crippen LogP contribution in [0.25, 0.3) is 10.9 Å². The van der Waals surface area contributed by atoms with E-state index in [2.05, 4.69) is 15.3 Å². The quantitative estimate of drug-likeness (QED) is 0.908. The SMILES string of the molecule is COc1ccc2c(NC(C)(C)CO)nc(C(F)(F)F)nc2c1. The topological polar surface area (TPSA) is 67.3 Å². The molecule has 0 spiro atoms. The molecule has 0 radical (unpaired) electrons. The van der Waals surface area contributed by atoms with Gasteiger partial charge in [0.25, 0.3) is 0 Å². The number of fused-ring (bicyclic) bond motifs is 1. The Bertz CT molecular complexity index is 687. The maximum atomic E-state index is 13.0. The number of alkyl halides is 3. The van der Waals surface area contributed by atoms with E-state index in [9.17, 15) is 18.3 Å². The standard InChI is InChI=1S/C14H16F3N3O2/c1-13(2,7-21)20-11-9-5-4-8(22-3)6-10(9)18-12(19-11)14(15,16)17/h4-6,21H,7H2,1-3H3,(H,18,19,20). The highest BCUT2D eigenvalue weighted by Crippen LogP contribution is 2.32. The molecule has 1 aromatic heterocycles. The first-order valence-electron chi connectivity index (χ1n) is 6.48. The zero-order valence-corrected chi connectivity index (χ0v) is 12.3. The van der Waals surface area contributed by atoms with Crippen LogP contribution in [0.3, 0.4) is 0 Å². The second-order valence-corrected chi connectivity index (χ2v) is 5.44. The Morgan fingerprint density at radius 1 is 1.23 bits per heavy atom. The van der Waals surface area contributed by atoms with E-state index in [0.717, 1.165) is 0 Å². The molecule has 0 amide bonds. The van der Waals surface area contributed by atoms with E-state index in [4.69, 9.17) is 4.74 Å². The molecule has 2 N–H and O–H groups in total. The summed E-state index contributed by atoms with van der Waals surface area (Å²) in [4.78, 5) is 7.11. The van der Waals surface area contributed by atoms with E-state index in [-0.39, 0.29) is 17.9 Å². The minimum Gasteiger partial charge on any atom is -0.497 e. The number of nitrogens with one attached hydrogen (secondary N) is 1. The van der Waals surface area contributed by atoms with Crippen LogP contribution in [0.1, 0.15) is 19.7 Å². The number of anilines is 1. The number of ether oxygens (including phenoxy) is 1. The van der Waals surface area contributed by atoms with Crippen molar-refractivity contribution in [3.8, 4) is 5.75 Å². The summed E-state index contributed by atoms with van der Waals surface area (Å²) in [6.07, 6.45) is -4.67. The average Bonchev–Trinajstić information content (AvgIpc) is 2.45. The molecule has 2 aromatic rings. The number of halogens is 3. The summed E-state index contributed by atoms with van der Waals surface area (Å²) in [5, 5.41) is 12.5. The van der Waals surface area contributed by atoms with Crippen molar-refractivity contribution < 1.29 is 23.0 Å². The van der Waals surface area contributed by atoms with Crippen molar-refractivity contribution in [3.05, 3.63) is 24.0 Å². The van der Waals surface area contributed by atoms with Gasteiger partial charge in [-0.25, -0.2) is 9.97 Å². The van der Waals surface area contributed by atoms with Gasteiger partial charge in [0, 0.05) is 11.5 Å². The zero-order chi connectivity index (χ0) is 16.5. The lowest BCUT2D eigenvalue weighted by atomic mass is 10.1. The summed E-state index contributed by atoms with van der Waals surface area (Å²) in [6.45, 7) is 3.03. The second-order valence-electron chi connectivity index (χ2n) is 5.44.